The molecule has 146 valence electrons. The summed E-state index contributed by atoms with van der Waals surface area (Å²) in [6.45, 7) is 1.95. The minimum atomic E-state index is -0.970. The normalized spacial score (nSPS) is 17.2. The zero-order valence-corrected chi connectivity index (χ0v) is 16.3. The average Bonchev–Trinajstić information content (AvgIpc) is 3.55. The number of hydrogen-bond acceptors (Lipinski definition) is 5. The third-order valence-corrected chi connectivity index (χ3v) is 5.41. The summed E-state index contributed by atoms with van der Waals surface area (Å²) in [5.74, 6) is -0.178. The van der Waals surface area contributed by atoms with Crippen LogP contribution in [0.1, 0.15) is 47.4 Å². The second kappa shape index (κ2) is 6.46. The van der Waals surface area contributed by atoms with Crippen LogP contribution in [0, 0.1) is 6.92 Å². The van der Waals surface area contributed by atoms with Crippen molar-refractivity contribution in [2.45, 2.75) is 44.2 Å². The molecule has 0 radical (unpaired) electrons. The standard InChI is InChI=1S/C20H21N5O2.ClH/c1-10-18(23-11-5-6-11)25-16-12(3-2-4-14(16)22-10)15-9-13(19(26)27)17(24-15)20(21)7-8-20;/h2-4,9,11,24H,5-8,21H2,1H3,(H,23,25)(H,26,27);1H. The molecule has 0 unspecified atom stereocenters. The van der Waals surface area contributed by atoms with E-state index in [-0.39, 0.29) is 18.0 Å². The number of para-hydroxylation sites is 1. The highest BCUT2D eigenvalue weighted by molar-refractivity contribution is 5.96. The van der Waals surface area contributed by atoms with Gasteiger partial charge in [0.2, 0.25) is 0 Å². The Hall–Kier alpha value is -2.64. The van der Waals surface area contributed by atoms with Gasteiger partial charge in [0.1, 0.15) is 11.3 Å². The number of aromatic nitrogens is 3. The number of benzene rings is 1. The van der Waals surface area contributed by atoms with Crippen molar-refractivity contribution in [3.05, 3.63) is 41.2 Å². The first kappa shape index (κ1) is 18.7. The van der Waals surface area contributed by atoms with E-state index in [4.69, 9.17) is 10.7 Å². The van der Waals surface area contributed by atoms with Crippen molar-refractivity contribution in [2.75, 3.05) is 5.32 Å². The quantitative estimate of drug-likeness (QED) is 0.521. The third kappa shape index (κ3) is 3.10. The summed E-state index contributed by atoms with van der Waals surface area (Å²) in [7, 11) is 0. The number of anilines is 1. The van der Waals surface area contributed by atoms with Crippen molar-refractivity contribution in [3.8, 4) is 11.3 Å². The minimum absolute atomic E-state index is 0. The second-order valence-electron chi connectivity index (χ2n) is 7.68. The molecule has 2 heterocycles. The Bertz CT molecular complexity index is 1090. The summed E-state index contributed by atoms with van der Waals surface area (Å²) in [4.78, 5) is 24.5. The lowest BCUT2D eigenvalue weighted by Gasteiger charge is -2.11. The van der Waals surface area contributed by atoms with E-state index in [1.165, 1.54) is 0 Å². The van der Waals surface area contributed by atoms with E-state index < -0.39 is 11.5 Å². The molecule has 7 nitrogen and oxygen atoms in total. The molecule has 0 bridgehead atoms. The second-order valence-corrected chi connectivity index (χ2v) is 7.68. The number of aryl methyl sites for hydroxylation is 1. The maximum absolute atomic E-state index is 11.7. The van der Waals surface area contributed by atoms with Crippen LogP contribution in [0.2, 0.25) is 0 Å². The number of carboxylic acids is 1. The first-order valence-electron chi connectivity index (χ1n) is 9.24. The smallest absolute Gasteiger partial charge is 0.337 e. The van der Waals surface area contributed by atoms with Gasteiger partial charge in [0, 0.05) is 17.3 Å². The molecule has 3 aromatic rings. The van der Waals surface area contributed by atoms with Crippen LogP contribution in [0.25, 0.3) is 22.3 Å². The van der Waals surface area contributed by atoms with Crippen LogP contribution in [0.5, 0.6) is 0 Å². The van der Waals surface area contributed by atoms with Crippen molar-refractivity contribution in [1.29, 1.82) is 0 Å². The lowest BCUT2D eigenvalue weighted by Crippen LogP contribution is -2.22. The summed E-state index contributed by atoms with van der Waals surface area (Å²) >= 11 is 0. The molecular weight excluding hydrogens is 378 g/mol. The maximum Gasteiger partial charge on any atom is 0.337 e. The number of carbonyl (C=O) groups is 1. The summed E-state index contributed by atoms with van der Waals surface area (Å²) in [6.07, 6.45) is 3.89. The molecule has 5 N–H and O–H groups in total. The highest BCUT2D eigenvalue weighted by Gasteiger charge is 2.44. The summed E-state index contributed by atoms with van der Waals surface area (Å²) in [5, 5.41) is 13.0. The molecule has 28 heavy (non-hydrogen) atoms. The number of carboxylic acid groups (broad SMARTS) is 1. The van der Waals surface area contributed by atoms with Crippen molar-refractivity contribution in [2.24, 2.45) is 5.73 Å². The Kier molecular flexibility index (Phi) is 4.32. The summed E-state index contributed by atoms with van der Waals surface area (Å²) in [6, 6.07) is 7.91. The number of nitrogens with two attached hydrogens (primary N) is 1. The van der Waals surface area contributed by atoms with E-state index in [2.05, 4.69) is 15.3 Å². The first-order valence-corrected chi connectivity index (χ1v) is 9.24. The van der Waals surface area contributed by atoms with Crippen molar-refractivity contribution >= 4 is 35.2 Å². The van der Waals surface area contributed by atoms with Crippen molar-refractivity contribution in [1.82, 2.24) is 15.0 Å². The Morgan fingerprint density at radius 1 is 1.32 bits per heavy atom. The van der Waals surface area contributed by atoms with Crippen molar-refractivity contribution in [3.63, 3.8) is 0 Å². The molecular formula is C20H22ClN5O2. The van der Waals surface area contributed by atoms with Crippen LogP contribution in [-0.4, -0.2) is 32.1 Å². The number of aromatic carboxylic acids is 1. The predicted molar refractivity (Wildman–Crippen MR) is 110 cm³/mol. The Balaban J connectivity index is 0.00000192. The molecule has 2 saturated carbocycles. The van der Waals surface area contributed by atoms with Gasteiger partial charge in [-0.05, 0) is 44.7 Å². The van der Waals surface area contributed by atoms with E-state index >= 15 is 0 Å². The van der Waals surface area contributed by atoms with E-state index in [1.54, 1.807) is 6.07 Å². The number of halogens is 1. The first-order chi connectivity index (χ1) is 12.9. The van der Waals surface area contributed by atoms with E-state index in [0.29, 0.717) is 17.4 Å². The van der Waals surface area contributed by atoms with Gasteiger partial charge < -0.3 is 21.1 Å². The van der Waals surface area contributed by atoms with Crippen LogP contribution in [0.15, 0.2) is 24.3 Å². The minimum Gasteiger partial charge on any atom is -0.478 e. The van der Waals surface area contributed by atoms with Gasteiger partial charge in [0.15, 0.2) is 0 Å². The third-order valence-electron chi connectivity index (χ3n) is 5.41. The number of rotatable bonds is 5. The van der Waals surface area contributed by atoms with E-state index in [1.807, 2.05) is 25.1 Å². The average molecular weight is 400 g/mol. The molecule has 2 fully saturated rings. The lowest BCUT2D eigenvalue weighted by molar-refractivity contribution is 0.0695. The zero-order chi connectivity index (χ0) is 18.8. The number of H-pyrrole nitrogens is 1. The molecule has 0 amide bonds. The van der Waals surface area contributed by atoms with Crippen LogP contribution in [0.3, 0.4) is 0 Å². The maximum atomic E-state index is 11.7. The lowest BCUT2D eigenvalue weighted by atomic mass is 10.1. The van der Waals surface area contributed by atoms with Crippen LogP contribution in [-0.2, 0) is 5.54 Å². The van der Waals surface area contributed by atoms with Crippen LogP contribution < -0.4 is 11.1 Å². The highest BCUT2D eigenvalue weighted by Crippen LogP contribution is 2.45. The van der Waals surface area contributed by atoms with Gasteiger partial charge in [-0.1, -0.05) is 12.1 Å². The van der Waals surface area contributed by atoms with Gasteiger partial charge in [-0.15, -0.1) is 12.4 Å². The predicted octanol–water partition coefficient (Wildman–Crippen LogP) is 3.58. The van der Waals surface area contributed by atoms with Crippen molar-refractivity contribution < 1.29 is 9.90 Å². The van der Waals surface area contributed by atoms with Gasteiger partial charge in [-0.3, -0.25) is 0 Å². The fourth-order valence-corrected chi connectivity index (χ4v) is 3.49. The summed E-state index contributed by atoms with van der Waals surface area (Å²) in [5.41, 5.74) is 10.5. The zero-order valence-electron chi connectivity index (χ0n) is 15.5. The highest BCUT2D eigenvalue weighted by atomic mass is 35.5. The molecule has 8 heteroatoms. The SMILES string of the molecule is Cc1nc2cccc(-c3cc(C(=O)O)c(C4(N)CC4)[nH]3)c2nc1NC1CC1.Cl. The fourth-order valence-electron chi connectivity index (χ4n) is 3.49. The molecule has 2 aliphatic rings. The number of nitrogens with one attached hydrogen (secondary N) is 2. The monoisotopic (exact) mass is 399 g/mol. The Morgan fingerprint density at radius 3 is 2.71 bits per heavy atom. The molecule has 1 aromatic carbocycles. The van der Waals surface area contributed by atoms with E-state index in [9.17, 15) is 9.90 Å². The molecule has 2 aliphatic carbocycles. The van der Waals surface area contributed by atoms with Gasteiger partial charge in [-0.2, -0.15) is 0 Å². The Morgan fingerprint density at radius 2 is 2.07 bits per heavy atom. The topological polar surface area (TPSA) is 117 Å². The number of nitrogens with zero attached hydrogens (tertiary/aromatic N) is 2. The Labute approximate surface area is 168 Å². The molecule has 0 spiro atoms. The molecule has 0 atom stereocenters. The van der Waals surface area contributed by atoms with Crippen LogP contribution >= 0.6 is 12.4 Å². The number of hydrogen-bond donors (Lipinski definition) is 4. The van der Waals surface area contributed by atoms with Crippen LogP contribution in [0.4, 0.5) is 5.82 Å². The number of aromatic amines is 1. The number of fused-ring (bicyclic) bond motifs is 1. The molecule has 2 aromatic heterocycles. The van der Waals surface area contributed by atoms with E-state index in [0.717, 1.165) is 53.8 Å². The molecule has 0 aliphatic heterocycles. The fraction of sp³-hybridized carbons (Fsp3) is 0.350. The summed E-state index contributed by atoms with van der Waals surface area (Å²) < 4.78 is 0. The van der Waals surface area contributed by atoms with Gasteiger partial charge in [0.05, 0.1) is 28.0 Å². The molecule has 5 rings (SSSR count). The molecule has 0 saturated heterocycles. The van der Waals surface area contributed by atoms with Gasteiger partial charge in [0.25, 0.3) is 0 Å². The van der Waals surface area contributed by atoms with Gasteiger partial charge >= 0.3 is 5.97 Å². The largest absolute Gasteiger partial charge is 0.478 e. The van der Waals surface area contributed by atoms with Gasteiger partial charge in [-0.25, -0.2) is 14.8 Å².